The van der Waals surface area contributed by atoms with Crippen molar-refractivity contribution in [3.8, 4) is 0 Å². The molecule has 0 aliphatic carbocycles. The Morgan fingerprint density at radius 3 is 2.00 bits per heavy atom. The molecule has 2 unspecified atom stereocenters. The molecule has 0 N–H and O–H groups in total. The van der Waals surface area contributed by atoms with Gasteiger partial charge in [0.2, 0.25) is 0 Å². The highest BCUT2D eigenvalue weighted by atomic mass is 32.3. The summed E-state index contributed by atoms with van der Waals surface area (Å²) < 4.78 is 96.7. The Bertz CT molecular complexity index is 1040. The van der Waals surface area contributed by atoms with Crippen LogP contribution < -0.4 is 0 Å². The molecule has 0 saturated carbocycles. The average Bonchev–Trinajstić information content (AvgIpc) is 2.43. The highest BCUT2D eigenvalue weighted by Crippen LogP contribution is 2.28. The lowest BCUT2D eigenvalue weighted by Crippen LogP contribution is -2.10. The van der Waals surface area contributed by atoms with Crippen LogP contribution >= 0.6 is 0 Å². The van der Waals surface area contributed by atoms with Crippen LogP contribution in [0.1, 0.15) is 0 Å². The number of hydrogen-bond donors (Lipinski definition) is 0. The van der Waals surface area contributed by atoms with Crippen molar-refractivity contribution in [2.75, 3.05) is 0 Å². The molecular formula is C10H6O10S4-2. The van der Waals surface area contributed by atoms with Crippen molar-refractivity contribution >= 4 is 53.7 Å². The van der Waals surface area contributed by atoms with Gasteiger partial charge < -0.3 is 9.11 Å². The Kier molecular flexibility index (Phi) is 5.50. The lowest BCUT2D eigenvalue weighted by atomic mass is 10.1. The van der Waals surface area contributed by atoms with Crippen molar-refractivity contribution in [2.45, 2.75) is 9.79 Å². The second-order valence-electron chi connectivity index (χ2n) is 4.09. The van der Waals surface area contributed by atoms with Gasteiger partial charge >= 0.3 is 20.2 Å². The van der Waals surface area contributed by atoms with E-state index in [4.69, 9.17) is 0 Å². The second-order valence-corrected chi connectivity index (χ2v) is 8.72. The van der Waals surface area contributed by atoms with Crippen molar-refractivity contribution in [2.24, 2.45) is 0 Å². The molecular weight excluding hydrogens is 408 g/mol. The van der Waals surface area contributed by atoms with Gasteiger partial charge in [-0.15, -0.1) is 0 Å². The summed E-state index contributed by atoms with van der Waals surface area (Å²) >= 11 is -6.73. The Morgan fingerprint density at radius 1 is 0.833 bits per heavy atom. The van der Waals surface area contributed by atoms with Gasteiger partial charge in [0.05, 0.1) is 4.90 Å². The SMILES string of the molecule is O=S([O-])OS(=O)(=O)c1ccc2cccc(S(=O)(=O)OS(=O)[O-])c2c1. The van der Waals surface area contributed by atoms with Crippen molar-refractivity contribution in [1.29, 1.82) is 0 Å². The number of fused-ring (bicyclic) bond motifs is 1. The summed E-state index contributed by atoms with van der Waals surface area (Å²) in [5.74, 6) is 0. The summed E-state index contributed by atoms with van der Waals surface area (Å²) in [4.78, 5) is -1.27. The first kappa shape index (κ1) is 19.1. The molecule has 10 nitrogen and oxygen atoms in total. The number of benzene rings is 2. The third-order valence-corrected chi connectivity index (χ3v) is 6.71. The molecule has 0 spiro atoms. The molecule has 0 aliphatic heterocycles. The summed E-state index contributed by atoms with van der Waals surface area (Å²) in [5.41, 5.74) is 0. The zero-order chi connectivity index (χ0) is 18.1. The molecule has 0 aromatic heterocycles. The molecule has 2 rings (SSSR count). The Balaban J connectivity index is 2.70. The minimum atomic E-state index is -4.74. The zero-order valence-corrected chi connectivity index (χ0v) is 14.4. The van der Waals surface area contributed by atoms with Gasteiger partial charge in [-0.25, -0.2) is 8.42 Å². The van der Waals surface area contributed by atoms with Crippen LogP contribution in [0.4, 0.5) is 0 Å². The molecule has 2 atom stereocenters. The summed E-state index contributed by atoms with van der Waals surface area (Å²) in [6.07, 6.45) is 0. The first-order chi connectivity index (χ1) is 11.0. The molecule has 0 amide bonds. The van der Waals surface area contributed by atoms with Gasteiger partial charge in [0, 0.05) is 5.39 Å². The van der Waals surface area contributed by atoms with E-state index in [0.29, 0.717) is 0 Å². The van der Waals surface area contributed by atoms with Crippen LogP contribution in [-0.4, -0.2) is 34.4 Å². The van der Waals surface area contributed by atoms with Crippen molar-refractivity contribution in [3.05, 3.63) is 36.4 Å². The molecule has 0 radical (unpaired) electrons. The second kappa shape index (κ2) is 6.93. The molecule has 2 aromatic rings. The molecule has 132 valence electrons. The van der Waals surface area contributed by atoms with Crippen molar-refractivity contribution < 1.29 is 41.6 Å². The van der Waals surface area contributed by atoms with Crippen molar-refractivity contribution in [3.63, 3.8) is 0 Å². The fourth-order valence-corrected chi connectivity index (χ4v) is 4.78. The maximum atomic E-state index is 11.9. The predicted molar refractivity (Wildman–Crippen MR) is 78.3 cm³/mol. The monoisotopic (exact) mass is 414 g/mol. The molecule has 0 heterocycles. The van der Waals surface area contributed by atoms with Crippen LogP contribution in [0.25, 0.3) is 10.8 Å². The third kappa shape index (κ3) is 4.22. The van der Waals surface area contributed by atoms with Crippen molar-refractivity contribution in [1.82, 2.24) is 0 Å². The van der Waals surface area contributed by atoms with Crippen LogP contribution in [-0.2, 0) is 50.2 Å². The summed E-state index contributed by atoms with van der Waals surface area (Å²) in [5, 5.41) is 0.0304. The zero-order valence-electron chi connectivity index (χ0n) is 11.2. The first-order valence-electron chi connectivity index (χ1n) is 5.64. The Labute approximate surface area is 141 Å². The van der Waals surface area contributed by atoms with E-state index >= 15 is 0 Å². The highest BCUT2D eigenvalue weighted by molar-refractivity contribution is 7.95. The standard InChI is InChI=1S/C10H8O10S4/c11-21(12)19-23(15,16)8-5-4-7-2-1-3-10(9(7)6-8)24(17,18)20-22(13)14/h1-6H,(H,11,12)(H,13,14)/p-2. The van der Waals surface area contributed by atoms with E-state index in [9.17, 15) is 34.4 Å². The highest BCUT2D eigenvalue weighted by Gasteiger charge is 2.22. The van der Waals surface area contributed by atoms with Crippen LogP contribution in [0.5, 0.6) is 0 Å². The van der Waals surface area contributed by atoms with Gasteiger partial charge in [0.1, 0.15) is 27.6 Å². The lowest BCUT2D eigenvalue weighted by Gasteiger charge is -2.11. The molecule has 0 bridgehead atoms. The average molecular weight is 414 g/mol. The summed E-state index contributed by atoms with van der Waals surface area (Å²) in [7, 11) is -9.45. The third-order valence-electron chi connectivity index (χ3n) is 2.66. The molecule has 14 heteroatoms. The fraction of sp³-hybridized carbons (Fsp3) is 0. The number of hydrogen-bond acceptors (Lipinski definition) is 10. The molecule has 0 saturated heterocycles. The minimum Gasteiger partial charge on any atom is -0.749 e. The molecule has 24 heavy (non-hydrogen) atoms. The quantitative estimate of drug-likeness (QED) is 0.579. The van der Waals surface area contributed by atoms with Gasteiger partial charge in [-0.2, -0.15) is 24.1 Å². The largest absolute Gasteiger partial charge is 0.749 e. The van der Waals surface area contributed by atoms with E-state index < -0.39 is 52.7 Å². The topological polar surface area (TPSA) is 167 Å². The van der Waals surface area contributed by atoms with Crippen LogP contribution in [0.3, 0.4) is 0 Å². The van der Waals surface area contributed by atoms with Gasteiger partial charge in [-0.3, -0.25) is 0 Å². The normalized spacial score (nSPS) is 15.2. The van der Waals surface area contributed by atoms with Gasteiger partial charge in [-0.05, 0) is 23.6 Å². The van der Waals surface area contributed by atoms with E-state index in [0.717, 1.165) is 18.2 Å². The maximum absolute atomic E-state index is 11.9. The molecule has 0 aliphatic rings. The van der Waals surface area contributed by atoms with Gasteiger partial charge in [-0.1, -0.05) is 18.2 Å². The maximum Gasteiger partial charge on any atom is 0.309 e. The summed E-state index contributed by atoms with van der Waals surface area (Å²) in [6, 6.07) is 6.70. The summed E-state index contributed by atoms with van der Waals surface area (Å²) in [6.45, 7) is 0. The lowest BCUT2D eigenvalue weighted by molar-refractivity contribution is 0.426. The van der Waals surface area contributed by atoms with Crippen LogP contribution in [0, 0.1) is 0 Å². The van der Waals surface area contributed by atoms with E-state index in [1.807, 2.05) is 0 Å². The smallest absolute Gasteiger partial charge is 0.309 e. The predicted octanol–water partition coefficient (Wildman–Crippen LogP) is -0.161. The van der Waals surface area contributed by atoms with E-state index in [-0.39, 0.29) is 10.8 Å². The van der Waals surface area contributed by atoms with Gasteiger partial charge in [0.25, 0.3) is 0 Å². The molecule has 0 fully saturated rings. The Morgan fingerprint density at radius 2 is 1.42 bits per heavy atom. The fourth-order valence-electron chi connectivity index (χ4n) is 1.82. The van der Waals surface area contributed by atoms with Crippen LogP contribution in [0.15, 0.2) is 46.2 Å². The number of rotatable bonds is 6. The minimum absolute atomic E-state index is 0.204. The van der Waals surface area contributed by atoms with Crippen LogP contribution in [0.2, 0.25) is 0 Å². The van der Waals surface area contributed by atoms with E-state index in [2.05, 4.69) is 7.26 Å². The van der Waals surface area contributed by atoms with E-state index in [1.54, 1.807) is 0 Å². The Hall–Kier alpha value is -1.26. The van der Waals surface area contributed by atoms with E-state index in [1.165, 1.54) is 18.2 Å². The van der Waals surface area contributed by atoms with Gasteiger partial charge in [0.15, 0.2) is 0 Å². The molecule has 2 aromatic carbocycles. The first-order valence-corrected chi connectivity index (χ1v) is 10.5.